The molecule has 2 N–H and O–H groups in total. The number of thioether (sulfide) groups is 1. The van der Waals surface area contributed by atoms with Gasteiger partial charge in [-0.1, -0.05) is 41.9 Å². The molecule has 2 aromatic carbocycles. The smallest absolute Gasteiger partial charge is 0.330 e. The SMILES string of the molecule is O=C(CSc1ccc(Cl)cc1)N[C@@H](C(=O)O)c1ccccc1. The number of carboxylic acid groups (broad SMARTS) is 1. The van der Waals surface area contributed by atoms with Gasteiger partial charge in [0.25, 0.3) is 0 Å². The van der Waals surface area contributed by atoms with E-state index in [9.17, 15) is 14.7 Å². The fourth-order valence-electron chi connectivity index (χ4n) is 1.82. The van der Waals surface area contributed by atoms with E-state index in [0.717, 1.165) is 4.90 Å². The van der Waals surface area contributed by atoms with E-state index in [1.807, 2.05) is 12.1 Å². The quantitative estimate of drug-likeness (QED) is 0.794. The highest BCUT2D eigenvalue weighted by Gasteiger charge is 2.21. The largest absolute Gasteiger partial charge is 0.479 e. The molecule has 2 aromatic rings. The average Bonchev–Trinajstić information content (AvgIpc) is 2.52. The molecule has 0 heterocycles. The summed E-state index contributed by atoms with van der Waals surface area (Å²) in [4.78, 5) is 24.2. The van der Waals surface area contributed by atoms with Crippen molar-refractivity contribution in [3.8, 4) is 0 Å². The summed E-state index contributed by atoms with van der Waals surface area (Å²) in [6.45, 7) is 0. The molecule has 114 valence electrons. The van der Waals surface area contributed by atoms with Gasteiger partial charge in [-0.25, -0.2) is 4.79 Å². The first-order valence-corrected chi connectivity index (χ1v) is 7.88. The molecule has 0 spiro atoms. The number of carbonyl (C=O) groups is 2. The summed E-state index contributed by atoms with van der Waals surface area (Å²) in [5.74, 6) is -1.29. The minimum atomic E-state index is -1.09. The van der Waals surface area contributed by atoms with Crippen molar-refractivity contribution in [1.29, 1.82) is 0 Å². The summed E-state index contributed by atoms with van der Waals surface area (Å²) in [6.07, 6.45) is 0. The number of amides is 1. The van der Waals surface area contributed by atoms with Crippen LogP contribution in [0.15, 0.2) is 59.5 Å². The van der Waals surface area contributed by atoms with Crippen LogP contribution < -0.4 is 5.32 Å². The van der Waals surface area contributed by atoms with E-state index >= 15 is 0 Å². The van der Waals surface area contributed by atoms with Crippen LogP contribution in [0.4, 0.5) is 0 Å². The third kappa shape index (κ3) is 4.79. The fourth-order valence-corrected chi connectivity index (χ4v) is 2.65. The molecule has 0 radical (unpaired) electrons. The Morgan fingerprint density at radius 2 is 1.73 bits per heavy atom. The van der Waals surface area contributed by atoms with Crippen LogP contribution in [0.1, 0.15) is 11.6 Å². The first-order valence-electron chi connectivity index (χ1n) is 6.52. The van der Waals surface area contributed by atoms with Crippen molar-refractivity contribution >= 4 is 35.2 Å². The standard InChI is InChI=1S/C16H14ClNO3S/c17-12-6-8-13(9-7-12)22-10-14(19)18-15(16(20)21)11-4-2-1-3-5-11/h1-9,15H,10H2,(H,18,19)(H,20,21)/t15-/m1/s1. The highest BCUT2D eigenvalue weighted by atomic mass is 35.5. The van der Waals surface area contributed by atoms with Gasteiger partial charge >= 0.3 is 5.97 Å². The number of hydrogen-bond acceptors (Lipinski definition) is 3. The number of carbonyl (C=O) groups excluding carboxylic acids is 1. The van der Waals surface area contributed by atoms with Crippen molar-refractivity contribution in [2.75, 3.05) is 5.75 Å². The van der Waals surface area contributed by atoms with Crippen molar-refractivity contribution in [3.05, 3.63) is 65.2 Å². The Morgan fingerprint density at radius 3 is 2.32 bits per heavy atom. The highest BCUT2D eigenvalue weighted by Crippen LogP contribution is 2.20. The lowest BCUT2D eigenvalue weighted by Gasteiger charge is -2.14. The Morgan fingerprint density at radius 1 is 1.09 bits per heavy atom. The second kappa shape index (κ2) is 7.87. The van der Waals surface area contributed by atoms with Gasteiger partial charge in [0, 0.05) is 9.92 Å². The first kappa shape index (κ1) is 16.4. The van der Waals surface area contributed by atoms with Gasteiger partial charge in [-0.2, -0.15) is 0 Å². The molecule has 6 heteroatoms. The van der Waals surface area contributed by atoms with Crippen molar-refractivity contribution in [1.82, 2.24) is 5.32 Å². The van der Waals surface area contributed by atoms with Gasteiger partial charge in [0.1, 0.15) is 0 Å². The van der Waals surface area contributed by atoms with Crippen LogP contribution in [0.3, 0.4) is 0 Å². The average molecular weight is 336 g/mol. The summed E-state index contributed by atoms with van der Waals surface area (Å²) in [5, 5.41) is 12.4. The van der Waals surface area contributed by atoms with Crippen LogP contribution in [0, 0.1) is 0 Å². The predicted octanol–water partition coefficient (Wildman–Crippen LogP) is 3.37. The minimum absolute atomic E-state index is 0.137. The lowest BCUT2D eigenvalue weighted by molar-refractivity contribution is -0.141. The zero-order valence-electron chi connectivity index (χ0n) is 11.5. The van der Waals surface area contributed by atoms with Crippen molar-refractivity contribution in [3.63, 3.8) is 0 Å². The third-order valence-corrected chi connectivity index (χ3v) is 4.13. The van der Waals surface area contributed by atoms with Crippen molar-refractivity contribution in [2.45, 2.75) is 10.9 Å². The van der Waals surface area contributed by atoms with Crippen LogP contribution in [0.25, 0.3) is 0 Å². The second-order valence-electron chi connectivity index (χ2n) is 4.49. The molecule has 1 atom stereocenters. The molecule has 4 nitrogen and oxygen atoms in total. The zero-order valence-corrected chi connectivity index (χ0v) is 13.1. The maximum atomic E-state index is 12.0. The topological polar surface area (TPSA) is 66.4 Å². The second-order valence-corrected chi connectivity index (χ2v) is 5.98. The fraction of sp³-hybridized carbons (Fsp3) is 0.125. The van der Waals surface area contributed by atoms with Gasteiger partial charge in [0.05, 0.1) is 5.75 Å². The number of nitrogens with one attached hydrogen (secondary N) is 1. The van der Waals surface area contributed by atoms with Crippen LogP contribution in [0.5, 0.6) is 0 Å². The number of benzene rings is 2. The first-order chi connectivity index (χ1) is 10.6. The predicted molar refractivity (Wildman–Crippen MR) is 87.1 cm³/mol. The Bertz CT molecular complexity index is 646. The van der Waals surface area contributed by atoms with E-state index in [-0.39, 0.29) is 11.7 Å². The maximum absolute atomic E-state index is 12.0. The molecular weight excluding hydrogens is 322 g/mol. The molecule has 0 aliphatic rings. The highest BCUT2D eigenvalue weighted by molar-refractivity contribution is 8.00. The van der Waals surface area contributed by atoms with Crippen LogP contribution >= 0.6 is 23.4 Å². The Kier molecular flexibility index (Phi) is 5.86. The summed E-state index contributed by atoms with van der Waals surface area (Å²) < 4.78 is 0. The molecule has 0 saturated carbocycles. The van der Waals surface area contributed by atoms with E-state index in [1.54, 1.807) is 42.5 Å². The van der Waals surface area contributed by atoms with Gasteiger partial charge in [-0.15, -0.1) is 11.8 Å². The number of aliphatic carboxylic acids is 1. The third-order valence-electron chi connectivity index (χ3n) is 2.87. The van der Waals surface area contributed by atoms with Crippen molar-refractivity contribution < 1.29 is 14.7 Å². The monoisotopic (exact) mass is 335 g/mol. The Hall–Kier alpha value is -1.98. The number of hydrogen-bond donors (Lipinski definition) is 2. The van der Waals surface area contributed by atoms with E-state index in [4.69, 9.17) is 11.6 Å². The van der Waals surface area contributed by atoms with Gasteiger partial charge in [0.2, 0.25) is 5.91 Å². The van der Waals surface area contributed by atoms with Gasteiger partial charge in [-0.05, 0) is 29.8 Å². The number of halogens is 1. The summed E-state index contributed by atoms with van der Waals surface area (Å²) in [5.41, 5.74) is 0.542. The Labute approximate surface area is 137 Å². The van der Waals surface area contributed by atoms with Crippen molar-refractivity contribution in [2.24, 2.45) is 0 Å². The normalized spacial score (nSPS) is 11.7. The molecule has 0 aromatic heterocycles. The number of carboxylic acids is 1. The molecule has 2 rings (SSSR count). The summed E-state index contributed by atoms with van der Waals surface area (Å²) >= 11 is 7.11. The van der Waals surface area contributed by atoms with Crippen LogP contribution in [-0.4, -0.2) is 22.7 Å². The minimum Gasteiger partial charge on any atom is -0.479 e. The zero-order chi connectivity index (χ0) is 15.9. The molecule has 0 saturated heterocycles. The number of rotatable bonds is 6. The molecule has 0 unspecified atom stereocenters. The van der Waals surface area contributed by atoms with Gasteiger partial charge in [-0.3, -0.25) is 4.79 Å². The Balaban J connectivity index is 1.94. The lowest BCUT2D eigenvalue weighted by Crippen LogP contribution is -2.34. The van der Waals surface area contributed by atoms with Gasteiger partial charge < -0.3 is 10.4 Å². The summed E-state index contributed by atoms with van der Waals surface area (Å²) in [7, 11) is 0. The van der Waals surface area contributed by atoms with E-state index in [0.29, 0.717) is 10.6 Å². The molecular formula is C16H14ClNO3S. The van der Waals surface area contributed by atoms with E-state index < -0.39 is 12.0 Å². The van der Waals surface area contributed by atoms with Gasteiger partial charge in [0.15, 0.2) is 6.04 Å². The molecule has 0 fully saturated rings. The molecule has 0 aliphatic carbocycles. The van der Waals surface area contributed by atoms with Crippen LogP contribution in [-0.2, 0) is 9.59 Å². The van der Waals surface area contributed by atoms with E-state index in [1.165, 1.54) is 11.8 Å². The van der Waals surface area contributed by atoms with Crippen LogP contribution in [0.2, 0.25) is 5.02 Å². The lowest BCUT2D eigenvalue weighted by atomic mass is 10.1. The molecule has 22 heavy (non-hydrogen) atoms. The maximum Gasteiger partial charge on any atom is 0.330 e. The molecule has 0 bridgehead atoms. The van der Waals surface area contributed by atoms with E-state index in [2.05, 4.69) is 5.32 Å². The molecule has 0 aliphatic heterocycles. The summed E-state index contributed by atoms with van der Waals surface area (Å²) in [6, 6.07) is 14.7. The molecule has 1 amide bonds.